The second kappa shape index (κ2) is 9.31. The van der Waals surface area contributed by atoms with Gasteiger partial charge in [-0.2, -0.15) is 0 Å². The third kappa shape index (κ3) is 4.67. The van der Waals surface area contributed by atoms with Gasteiger partial charge >= 0.3 is 0 Å². The van der Waals surface area contributed by atoms with Crippen LogP contribution >= 0.6 is 0 Å². The van der Waals surface area contributed by atoms with E-state index in [1.54, 1.807) is 17.0 Å². The molecule has 1 heterocycles. The molecule has 1 N–H and O–H groups in total. The van der Waals surface area contributed by atoms with E-state index in [-0.39, 0.29) is 23.4 Å². The molecule has 27 heavy (non-hydrogen) atoms. The number of hydrogen-bond acceptors (Lipinski definition) is 3. The van der Waals surface area contributed by atoms with Gasteiger partial charge in [-0.05, 0) is 37.3 Å². The largest absolute Gasteiger partial charge is 0.355 e. The van der Waals surface area contributed by atoms with Crippen molar-refractivity contribution < 1.29 is 14.0 Å². The molecule has 2 fully saturated rings. The van der Waals surface area contributed by atoms with E-state index in [0.717, 1.165) is 19.3 Å². The van der Waals surface area contributed by atoms with Gasteiger partial charge in [0.2, 0.25) is 5.91 Å². The second-order valence-electron chi connectivity index (χ2n) is 7.59. The summed E-state index contributed by atoms with van der Waals surface area (Å²) >= 11 is 0. The van der Waals surface area contributed by atoms with E-state index in [4.69, 9.17) is 0 Å². The number of piperazine rings is 1. The molecule has 148 valence electrons. The monoisotopic (exact) mass is 375 g/mol. The summed E-state index contributed by atoms with van der Waals surface area (Å²) < 4.78 is 13.9. The molecule has 1 saturated heterocycles. The molecule has 0 radical (unpaired) electrons. The normalized spacial score (nSPS) is 19.9. The van der Waals surface area contributed by atoms with Gasteiger partial charge in [0, 0.05) is 32.7 Å². The van der Waals surface area contributed by atoms with E-state index in [2.05, 4.69) is 17.1 Å². The molecule has 6 heteroatoms. The van der Waals surface area contributed by atoms with Crippen LogP contribution in [0.2, 0.25) is 0 Å². The van der Waals surface area contributed by atoms with Crippen LogP contribution in [0.3, 0.4) is 0 Å². The minimum Gasteiger partial charge on any atom is -0.355 e. The predicted octanol–water partition coefficient (Wildman–Crippen LogP) is 2.67. The maximum Gasteiger partial charge on any atom is 0.256 e. The molecule has 1 aliphatic heterocycles. The summed E-state index contributed by atoms with van der Waals surface area (Å²) in [5, 5.41) is 3.06. The van der Waals surface area contributed by atoms with Crippen LogP contribution in [0.5, 0.6) is 0 Å². The van der Waals surface area contributed by atoms with Crippen LogP contribution in [-0.2, 0) is 4.79 Å². The molecule has 0 bridgehead atoms. The Balaban J connectivity index is 1.64. The van der Waals surface area contributed by atoms with Gasteiger partial charge in [0.15, 0.2) is 0 Å². The molecule has 1 atom stereocenters. The van der Waals surface area contributed by atoms with Gasteiger partial charge < -0.3 is 10.2 Å². The molecule has 1 unspecified atom stereocenters. The fourth-order valence-corrected chi connectivity index (χ4v) is 4.31. The molecule has 0 spiro atoms. The van der Waals surface area contributed by atoms with E-state index >= 15 is 0 Å². The summed E-state index contributed by atoms with van der Waals surface area (Å²) in [6.07, 6.45) is 5.49. The van der Waals surface area contributed by atoms with Crippen LogP contribution in [0.25, 0.3) is 0 Å². The highest BCUT2D eigenvalue weighted by molar-refractivity contribution is 5.94. The molecule has 1 aromatic carbocycles. The first-order chi connectivity index (χ1) is 13.1. The van der Waals surface area contributed by atoms with E-state index < -0.39 is 5.82 Å². The third-order valence-electron chi connectivity index (χ3n) is 5.76. The van der Waals surface area contributed by atoms with E-state index in [1.165, 1.54) is 25.0 Å². The van der Waals surface area contributed by atoms with Crippen molar-refractivity contribution in [3.8, 4) is 0 Å². The van der Waals surface area contributed by atoms with Crippen LogP contribution in [0.1, 0.15) is 49.4 Å². The summed E-state index contributed by atoms with van der Waals surface area (Å²) in [4.78, 5) is 29.3. The Kier molecular flexibility index (Phi) is 6.83. The Bertz CT molecular complexity index is 653. The van der Waals surface area contributed by atoms with Crippen molar-refractivity contribution in [1.29, 1.82) is 0 Å². The summed E-state index contributed by atoms with van der Waals surface area (Å²) in [6, 6.07) is 6.01. The average Bonchev–Trinajstić information content (AvgIpc) is 3.21. The summed E-state index contributed by atoms with van der Waals surface area (Å²) in [5.74, 6) is -0.221. The van der Waals surface area contributed by atoms with Crippen LogP contribution in [0, 0.1) is 11.7 Å². The molecule has 0 aromatic heterocycles. The molecule has 5 nitrogen and oxygen atoms in total. The van der Waals surface area contributed by atoms with Crippen molar-refractivity contribution in [2.45, 2.75) is 45.1 Å². The number of rotatable bonds is 6. The maximum atomic E-state index is 13.9. The van der Waals surface area contributed by atoms with Gasteiger partial charge in [0.25, 0.3) is 5.91 Å². The first-order valence-corrected chi connectivity index (χ1v) is 10.2. The summed E-state index contributed by atoms with van der Waals surface area (Å²) in [7, 11) is 0. The lowest BCUT2D eigenvalue weighted by Crippen LogP contribution is -2.58. The van der Waals surface area contributed by atoms with Crippen LogP contribution in [0.15, 0.2) is 24.3 Å². The zero-order chi connectivity index (χ0) is 19.2. The van der Waals surface area contributed by atoms with Crippen molar-refractivity contribution in [3.05, 3.63) is 35.6 Å². The third-order valence-corrected chi connectivity index (χ3v) is 5.76. The lowest BCUT2D eigenvalue weighted by molar-refractivity contribution is -0.129. The number of hydrogen-bond donors (Lipinski definition) is 1. The quantitative estimate of drug-likeness (QED) is 0.832. The molecule has 1 aliphatic carbocycles. The maximum absolute atomic E-state index is 13.9. The Morgan fingerprint density at radius 3 is 2.44 bits per heavy atom. The van der Waals surface area contributed by atoms with Crippen molar-refractivity contribution in [2.24, 2.45) is 5.92 Å². The highest BCUT2D eigenvalue weighted by Crippen LogP contribution is 2.31. The molecular formula is C21H30FN3O2. The standard InChI is InChI=1S/C21H30FN3O2/c1-2-11-23-20(26)19(16-7-3-4-8-16)24-12-14-25(15-13-24)21(27)17-9-5-6-10-18(17)22/h5-6,9-10,16,19H,2-4,7-8,11-15H2,1H3,(H,23,26). The van der Waals surface area contributed by atoms with Crippen molar-refractivity contribution >= 4 is 11.8 Å². The first-order valence-electron chi connectivity index (χ1n) is 10.2. The molecule has 1 saturated carbocycles. The average molecular weight is 375 g/mol. The Morgan fingerprint density at radius 2 is 1.81 bits per heavy atom. The lowest BCUT2D eigenvalue weighted by Gasteiger charge is -2.40. The number of carbonyl (C=O) groups is 2. The molecule has 2 aliphatic rings. The van der Waals surface area contributed by atoms with Crippen LogP contribution < -0.4 is 5.32 Å². The van der Waals surface area contributed by atoms with Gasteiger partial charge in [0.1, 0.15) is 5.82 Å². The van der Waals surface area contributed by atoms with Gasteiger partial charge in [-0.25, -0.2) is 4.39 Å². The SMILES string of the molecule is CCCNC(=O)C(C1CCCC1)N1CCN(C(=O)c2ccccc2F)CC1. The molecule has 2 amide bonds. The highest BCUT2D eigenvalue weighted by Gasteiger charge is 2.37. The van der Waals surface area contributed by atoms with Gasteiger partial charge in [-0.1, -0.05) is 31.9 Å². The molecule has 1 aromatic rings. The van der Waals surface area contributed by atoms with Crippen LogP contribution in [0.4, 0.5) is 4.39 Å². The van der Waals surface area contributed by atoms with E-state index in [9.17, 15) is 14.0 Å². The second-order valence-corrected chi connectivity index (χ2v) is 7.59. The van der Waals surface area contributed by atoms with E-state index in [1.807, 2.05) is 0 Å². The number of halogens is 1. The minimum atomic E-state index is -0.479. The van der Waals surface area contributed by atoms with Gasteiger partial charge in [-0.15, -0.1) is 0 Å². The topological polar surface area (TPSA) is 52.7 Å². The fraction of sp³-hybridized carbons (Fsp3) is 0.619. The number of amides is 2. The smallest absolute Gasteiger partial charge is 0.256 e. The lowest BCUT2D eigenvalue weighted by atomic mass is 9.95. The molecular weight excluding hydrogens is 345 g/mol. The minimum absolute atomic E-state index is 0.107. The first kappa shape index (κ1) is 19.8. The molecule has 3 rings (SSSR count). The fourth-order valence-electron chi connectivity index (χ4n) is 4.31. The number of nitrogens with one attached hydrogen (secondary N) is 1. The van der Waals surface area contributed by atoms with Crippen molar-refractivity contribution in [2.75, 3.05) is 32.7 Å². The van der Waals surface area contributed by atoms with Crippen LogP contribution in [-0.4, -0.2) is 60.4 Å². The van der Waals surface area contributed by atoms with Gasteiger partial charge in [0.05, 0.1) is 11.6 Å². The van der Waals surface area contributed by atoms with E-state index in [0.29, 0.717) is 38.6 Å². The van der Waals surface area contributed by atoms with Gasteiger partial charge in [-0.3, -0.25) is 14.5 Å². The summed E-state index contributed by atoms with van der Waals surface area (Å²) in [5.41, 5.74) is 0.124. The number of carbonyl (C=O) groups excluding carboxylic acids is 2. The van der Waals surface area contributed by atoms with Crippen molar-refractivity contribution in [3.63, 3.8) is 0 Å². The predicted molar refractivity (Wildman–Crippen MR) is 103 cm³/mol. The zero-order valence-electron chi connectivity index (χ0n) is 16.1. The Morgan fingerprint density at radius 1 is 1.15 bits per heavy atom. The highest BCUT2D eigenvalue weighted by atomic mass is 19.1. The van der Waals surface area contributed by atoms with Crippen molar-refractivity contribution in [1.82, 2.24) is 15.1 Å². The number of benzene rings is 1. The Labute approximate surface area is 160 Å². The summed E-state index contributed by atoms with van der Waals surface area (Å²) in [6.45, 7) is 5.11. The zero-order valence-corrected chi connectivity index (χ0v) is 16.1. The Hall–Kier alpha value is -1.95. The number of nitrogens with zero attached hydrogens (tertiary/aromatic N) is 2.